The molecule has 0 spiro atoms. The Hall–Kier alpha value is -2.80. The normalized spacial score (nSPS) is 10.7. The van der Waals surface area contributed by atoms with E-state index in [1.165, 1.54) is 7.11 Å². The average molecular weight is 326 g/mol. The number of nitrogens with zero attached hydrogens (tertiary/aromatic N) is 4. The average Bonchev–Trinajstić information content (AvgIpc) is 3.11. The molecule has 0 fully saturated rings. The zero-order chi connectivity index (χ0) is 16.6. The summed E-state index contributed by atoms with van der Waals surface area (Å²) < 4.78 is 15.8. The maximum absolute atomic E-state index is 5.63. The SMILES string of the molecule is COc1ccc(-c2noc(CCCOCc3ccccc3)n2)nn1. The number of aryl methyl sites for hydroxylation is 1. The fourth-order valence-electron chi connectivity index (χ4n) is 2.10. The highest BCUT2D eigenvalue weighted by molar-refractivity contribution is 5.47. The first-order valence-electron chi connectivity index (χ1n) is 7.67. The maximum Gasteiger partial charge on any atom is 0.233 e. The molecule has 3 aromatic rings. The summed E-state index contributed by atoms with van der Waals surface area (Å²) in [6.45, 7) is 1.24. The summed E-state index contributed by atoms with van der Waals surface area (Å²) in [6, 6.07) is 13.5. The molecule has 0 radical (unpaired) electrons. The van der Waals surface area contributed by atoms with E-state index < -0.39 is 0 Å². The molecule has 0 aliphatic heterocycles. The molecule has 0 unspecified atom stereocenters. The monoisotopic (exact) mass is 326 g/mol. The zero-order valence-corrected chi connectivity index (χ0v) is 13.4. The van der Waals surface area contributed by atoms with Gasteiger partial charge in [-0.05, 0) is 18.1 Å². The van der Waals surface area contributed by atoms with Crippen molar-refractivity contribution in [3.63, 3.8) is 0 Å². The minimum absolute atomic E-state index is 0.422. The lowest BCUT2D eigenvalue weighted by Gasteiger charge is -2.02. The molecule has 0 aliphatic rings. The van der Waals surface area contributed by atoms with Gasteiger partial charge in [0, 0.05) is 19.1 Å². The van der Waals surface area contributed by atoms with E-state index in [1.54, 1.807) is 12.1 Å². The second kappa shape index (κ2) is 8.16. The van der Waals surface area contributed by atoms with E-state index in [1.807, 2.05) is 30.3 Å². The van der Waals surface area contributed by atoms with Gasteiger partial charge in [0.2, 0.25) is 17.6 Å². The summed E-state index contributed by atoms with van der Waals surface area (Å²) in [7, 11) is 1.54. The maximum atomic E-state index is 5.63. The largest absolute Gasteiger partial charge is 0.480 e. The highest BCUT2D eigenvalue weighted by Crippen LogP contribution is 2.15. The van der Waals surface area contributed by atoms with E-state index in [4.69, 9.17) is 14.0 Å². The van der Waals surface area contributed by atoms with Gasteiger partial charge >= 0.3 is 0 Å². The molecule has 24 heavy (non-hydrogen) atoms. The van der Waals surface area contributed by atoms with Crippen LogP contribution in [0.5, 0.6) is 5.88 Å². The van der Waals surface area contributed by atoms with Crippen LogP contribution >= 0.6 is 0 Å². The number of hydrogen-bond acceptors (Lipinski definition) is 7. The Kier molecular flexibility index (Phi) is 5.47. The predicted molar refractivity (Wildman–Crippen MR) is 86.3 cm³/mol. The fourth-order valence-corrected chi connectivity index (χ4v) is 2.10. The molecule has 7 nitrogen and oxygen atoms in total. The lowest BCUT2D eigenvalue weighted by Crippen LogP contribution is -1.98. The van der Waals surface area contributed by atoms with Gasteiger partial charge < -0.3 is 14.0 Å². The molecule has 1 aromatic carbocycles. The van der Waals surface area contributed by atoms with Crippen molar-refractivity contribution in [3.05, 3.63) is 53.9 Å². The highest BCUT2D eigenvalue weighted by atomic mass is 16.5. The van der Waals surface area contributed by atoms with Crippen molar-refractivity contribution in [3.8, 4) is 17.4 Å². The van der Waals surface area contributed by atoms with E-state index in [-0.39, 0.29) is 0 Å². The topological polar surface area (TPSA) is 83.2 Å². The molecule has 124 valence electrons. The Labute approximate surface area is 139 Å². The molecule has 0 bridgehead atoms. The zero-order valence-electron chi connectivity index (χ0n) is 13.4. The van der Waals surface area contributed by atoms with Crippen LogP contribution in [0.4, 0.5) is 0 Å². The van der Waals surface area contributed by atoms with Crippen molar-refractivity contribution in [2.45, 2.75) is 19.4 Å². The van der Waals surface area contributed by atoms with Gasteiger partial charge in [0.05, 0.1) is 13.7 Å². The quantitative estimate of drug-likeness (QED) is 0.588. The molecule has 0 saturated carbocycles. The Bertz CT molecular complexity index is 744. The van der Waals surface area contributed by atoms with Gasteiger partial charge in [-0.1, -0.05) is 35.5 Å². The van der Waals surface area contributed by atoms with Gasteiger partial charge in [-0.2, -0.15) is 4.98 Å². The van der Waals surface area contributed by atoms with Crippen LogP contribution in [0, 0.1) is 0 Å². The Morgan fingerprint density at radius 2 is 1.92 bits per heavy atom. The Morgan fingerprint density at radius 3 is 2.67 bits per heavy atom. The molecule has 7 heteroatoms. The van der Waals surface area contributed by atoms with Gasteiger partial charge in [-0.3, -0.25) is 0 Å². The molecule has 2 aromatic heterocycles. The van der Waals surface area contributed by atoms with Crippen LogP contribution < -0.4 is 4.74 Å². The molecule has 0 saturated heterocycles. The smallest absolute Gasteiger partial charge is 0.233 e. The lowest BCUT2D eigenvalue weighted by atomic mass is 10.2. The molecule has 0 atom stereocenters. The third kappa shape index (κ3) is 4.36. The molecule has 2 heterocycles. The first-order valence-corrected chi connectivity index (χ1v) is 7.67. The van der Waals surface area contributed by atoms with Crippen molar-refractivity contribution in [1.82, 2.24) is 20.3 Å². The van der Waals surface area contributed by atoms with Crippen molar-refractivity contribution < 1.29 is 14.0 Å². The van der Waals surface area contributed by atoms with E-state index in [2.05, 4.69) is 20.3 Å². The van der Waals surface area contributed by atoms with Gasteiger partial charge in [0.15, 0.2) is 0 Å². The van der Waals surface area contributed by atoms with Gasteiger partial charge in [-0.25, -0.2) is 0 Å². The molecule has 3 rings (SSSR count). The summed E-state index contributed by atoms with van der Waals surface area (Å²) in [5.74, 6) is 1.43. The van der Waals surface area contributed by atoms with Crippen LogP contribution in [0.1, 0.15) is 17.9 Å². The Balaban J connectivity index is 1.44. The number of aromatic nitrogens is 4. The molecular weight excluding hydrogens is 308 g/mol. The standard InChI is InChI=1S/C17H18N4O3/c1-22-16-10-9-14(19-20-16)17-18-15(24-21-17)8-5-11-23-12-13-6-3-2-4-7-13/h2-4,6-7,9-10H,5,8,11-12H2,1H3. The van der Waals surface area contributed by atoms with Crippen LogP contribution in [0.25, 0.3) is 11.5 Å². The van der Waals surface area contributed by atoms with Gasteiger partial charge in [0.25, 0.3) is 0 Å². The van der Waals surface area contributed by atoms with Crippen LogP contribution in [-0.4, -0.2) is 34.1 Å². The molecule has 0 N–H and O–H groups in total. The number of methoxy groups -OCH3 is 1. The Morgan fingerprint density at radius 1 is 1.04 bits per heavy atom. The third-order valence-corrected chi connectivity index (χ3v) is 3.34. The van der Waals surface area contributed by atoms with E-state index in [0.717, 1.165) is 12.0 Å². The molecule has 0 amide bonds. The first-order chi connectivity index (χ1) is 11.8. The van der Waals surface area contributed by atoms with Crippen molar-refractivity contribution >= 4 is 0 Å². The van der Waals surface area contributed by atoms with Gasteiger partial charge in [-0.15, -0.1) is 10.2 Å². The van der Waals surface area contributed by atoms with Crippen LogP contribution in [0.15, 0.2) is 47.0 Å². The first kappa shape index (κ1) is 16.1. The lowest BCUT2D eigenvalue weighted by molar-refractivity contribution is 0.117. The fraction of sp³-hybridized carbons (Fsp3) is 0.294. The molecule has 0 aliphatic carbocycles. The summed E-state index contributed by atoms with van der Waals surface area (Å²) in [5.41, 5.74) is 1.71. The number of rotatable bonds is 8. The minimum atomic E-state index is 0.422. The van der Waals surface area contributed by atoms with Crippen LogP contribution in [0.3, 0.4) is 0 Å². The number of hydrogen-bond donors (Lipinski definition) is 0. The predicted octanol–water partition coefficient (Wildman–Crippen LogP) is 2.68. The van der Waals surface area contributed by atoms with Crippen molar-refractivity contribution in [2.75, 3.05) is 13.7 Å². The number of benzene rings is 1. The summed E-state index contributed by atoms with van der Waals surface area (Å²) >= 11 is 0. The molecular formula is C17H18N4O3. The van der Waals surface area contributed by atoms with Crippen LogP contribution in [0.2, 0.25) is 0 Å². The highest BCUT2D eigenvalue weighted by Gasteiger charge is 2.10. The summed E-state index contributed by atoms with van der Waals surface area (Å²) in [6.07, 6.45) is 1.47. The van der Waals surface area contributed by atoms with E-state index in [0.29, 0.717) is 42.9 Å². The van der Waals surface area contributed by atoms with Gasteiger partial charge in [0.1, 0.15) is 5.69 Å². The van der Waals surface area contributed by atoms with E-state index in [9.17, 15) is 0 Å². The second-order valence-corrected chi connectivity index (χ2v) is 5.11. The van der Waals surface area contributed by atoms with Crippen molar-refractivity contribution in [2.24, 2.45) is 0 Å². The number of ether oxygens (including phenoxy) is 2. The van der Waals surface area contributed by atoms with Crippen molar-refractivity contribution in [1.29, 1.82) is 0 Å². The second-order valence-electron chi connectivity index (χ2n) is 5.11. The summed E-state index contributed by atoms with van der Waals surface area (Å²) in [5, 5.41) is 11.8. The van der Waals surface area contributed by atoms with Crippen LogP contribution in [-0.2, 0) is 17.8 Å². The third-order valence-electron chi connectivity index (χ3n) is 3.34. The summed E-state index contributed by atoms with van der Waals surface area (Å²) in [4.78, 5) is 4.32. The van der Waals surface area contributed by atoms with E-state index >= 15 is 0 Å². The minimum Gasteiger partial charge on any atom is -0.480 e.